The van der Waals surface area contributed by atoms with E-state index in [1.54, 1.807) is 0 Å². The molecule has 16 heavy (non-hydrogen) atoms. The van der Waals surface area contributed by atoms with Crippen molar-refractivity contribution in [3.63, 3.8) is 0 Å². The molecule has 0 aliphatic carbocycles. The summed E-state index contributed by atoms with van der Waals surface area (Å²) in [6.07, 6.45) is 0.830. The highest BCUT2D eigenvalue weighted by Crippen LogP contribution is 2.14. The van der Waals surface area contributed by atoms with E-state index in [-0.39, 0.29) is 11.4 Å². The van der Waals surface area contributed by atoms with Gasteiger partial charge < -0.3 is 10.2 Å². The normalized spacial score (nSPS) is 22.9. The smallest absolute Gasteiger partial charge is 0.242 e. The Labute approximate surface area is 101 Å². The summed E-state index contributed by atoms with van der Waals surface area (Å²) in [4.78, 5) is 13.5. The van der Waals surface area contributed by atoms with Crippen molar-refractivity contribution in [1.82, 2.24) is 15.5 Å². The Morgan fingerprint density at radius 2 is 1.75 bits per heavy atom. The van der Waals surface area contributed by atoms with Gasteiger partial charge in [-0.2, -0.15) is 0 Å². The molecule has 1 atom stereocenters. The summed E-state index contributed by atoms with van der Waals surface area (Å²) in [6, 6.07) is 0. The highest BCUT2D eigenvalue weighted by molar-refractivity contribution is 5.88. The average molecular weight is 231 g/mol. The van der Waals surface area contributed by atoms with E-state index >= 15 is 0 Å². The number of likely N-dealkylation sites (N-methyl/N-ethyl adjacent to an activating group) is 1. The molecule has 1 saturated heterocycles. The summed E-state index contributed by atoms with van der Waals surface area (Å²) < 4.78 is 0. The minimum atomic E-state index is -0.358. The Balaban J connectivity index is 0. The van der Waals surface area contributed by atoms with E-state index in [9.17, 15) is 4.79 Å². The molecule has 1 aliphatic rings. The summed E-state index contributed by atoms with van der Waals surface area (Å²) in [5.74, 6) is 0.124. The Kier molecular flexibility index (Phi) is 10.7. The molecule has 4 heteroatoms. The summed E-state index contributed by atoms with van der Waals surface area (Å²) in [6.45, 7) is 11.4. The molecular weight excluding hydrogens is 202 g/mol. The lowest BCUT2D eigenvalue weighted by Gasteiger charge is -2.28. The third-order valence-corrected chi connectivity index (χ3v) is 2.30. The van der Waals surface area contributed by atoms with Crippen LogP contribution in [0.15, 0.2) is 0 Å². The number of carbonyl (C=O) groups is 1. The maximum absolute atomic E-state index is 11.5. The van der Waals surface area contributed by atoms with Gasteiger partial charge in [0.15, 0.2) is 0 Å². The average Bonchev–Trinajstić information content (AvgIpc) is 2.66. The fraction of sp³-hybridized carbons (Fsp3) is 0.917. The van der Waals surface area contributed by atoms with E-state index in [1.807, 2.05) is 53.6 Å². The fourth-order valence-electron chi connectivity index (χ4n) is 1.61. The standard InChI is InChI=1S/C8H17N3O.2C2H6/c1-4-8(5-11(2)3)7(12)9-6-10-8;2*1-2/h10H,4-6H2,1-3H3,(H,9,12);2*1-2H3. The predicted octanol–water partition coefficient (Wildman–Crippen LogP) is 1.43. The first-order chi connectivity index (χ1) is 7.60. The summed E-state index contributed by atoms with van der Waals surface area (Å²) >= 11 is 0. The highest BCUT2D eigenvalue weighted by Gasteiger charge is 2.40. The molecule has 1 aliphatic heterocycles. The third kappa shape index (κ3) is 4.94. The first-order valence-electron chi connectivity index (χ1n) is 6.29. The molecule has 98 valence electrons. The lowest BCUT2D eigenvalue weighted by atomic mass is 9.96. The summed E-state index contributed by atoms with van der Waals surface area (Å²) in [5.41, 5.74) is -0.358. The zero-order chi connectivity index (χ0) is 13.2. The van der Waals surface area contributed by atoms with Crippen LogP contribution in [0.2, 0.25) is 0 Å². The van der Waals surface area contributed by atoms with Crippen LogP contribution < -0.4 is 10.6 Å². The van der Waals surface area contributed by atoms with Gasteiger partial charge in [-0.05, 0) is 20.5 Å². The summed E-state index contributed by atoms with van der Waals surface area (Å²) in [7, 11) is 3.95. The molecule has 0 aromatic rings. The van der Waals surface area contributed by atoms with Gasteiger partial charge in [0, 0.05) is 6.54 Å². The van der Waals surface area contributed by atoms with Crippen LogP contribution in [0.5, 0.6) is 0 Å². The summed E-state index contributed by atoms with van der Waals surface area (Å²) in [5, 5.41) is 5.99. The van der Waals surface area contributed by atoms with Crippen LogP contribution >= 0.6 is 0 Å². The van der Waals surface area contributed by atoms with Crippen LogP contribution in [0.4, 0.5) is 0 Å². The van der Waals surface area contributed by atoms with E-state index < -0.39 is 0 Å². The van der Waals surface area contributed by atoms with Crippen molar-refractivity contribution < 1.29 is 4.79 Å². The van der Waals surface area contributed by atoms with Crippen LogP contribution in [0.1, 0.15) is 41.0 Å². The molecule has 1 amide bonds. The topological polar surface area (TPSA) is 44.4 Å². The Morgan fingerprint density at radius 3 is 2.00 bits per heavy atom. The monoisotopic (exact) mass is 231 g/mol. The van der Waals surface area contributed by atoms with Gasteiger partial charge in [-0.1, -0.05) is 34.6 Å². The van der Waals surface area contributed by atoms with E-state index in [0.29, 0.717) is 6.67 Å². The quantitative estimate of drug-likeness (QED) is 0.772. The minimum Gasteiger partial charge on any atom is -0.342 e. The van der Waals surface area contributed by atoms with Crippen molar-refractivity contribution >= 4 is 5.91 Å². The molecule has 1 rings (SSSR count). The zero-order valence-corrected chi connectivity index (χ0v) is 12.0. The number of hydrogen-bond donors (Lipinski definition) is 2. The molecular formula is C12H29N3O. The SMILES string of the molecule is CC.CC.CCC1(CN(C)C)NCNC1=O. The van der Waals surface area contributed by atoms with Gasteiger partial charge in [0.25, 0.3) is 0 Å². The van der Waals surface area contributed by atoms with Gasteiger partial charge in [0.1, 0.15) is 5.54 Å². The van der Waals surface area contributed by atoms with Crippen molar-refractivity contribution in [1.29, 1.82) is 0 Å². The maximum Gasteiger partial charge on any atom is 0.242 e. The van der Waals surface area contributed by atoms with Gasteiger partial charge >= 0.3 is 0 Å². The molecule has 0 radical (unpaired) electrons. The van der Waals surface area contributed by atoms with Crippen molar-refractivity contribution in [2.75, 3.05) is 27.3 Å². The van der Waals surface area contributed by atoms with Crippen molar-refractivity contribution in [2.45, 2.75) is 46.6 Å². The number of rotatable bonds is 3. The molecule has 1 fully saturated rings. The molecule has 1 unspecified atom stereocenters. The Bertz CT molecular complexity index is 183. The van der Waals surface area contributed by atoms with E-state index in [1.165, 1.54) is 0 Å². The first-order valence-corrected chi connectivity index (χ1v) is 6.29. The molecule has 4 nitrogen and oxygen atoms in total. The maximum atomic E-state index is 11.5. The molecule has 2 N–H and O–H groups in total. The molecule has 0 saturated carbocycles. The van der Waals surface area contributed by atoms with Crippen LogP contribution in [0.3, 0.4) is 0 Å². The molecule has 1 heterocycles. The fourth-order valence-corrected chi connectivity index (χ4v) is 1.61. The Hall–Kier alpha value is -0.610. The zero-order valence-electron chi connectivity index (χ0n) is 12.0. The van der Waals surface area contributed by atoms with E-state index in [4.69, 9.17) is 0 Å². The van der Waals surface area contributed by atoms with Crippen molar-refractivity contribution in [3.8, 4) is 0 Å². The lowest BCUT2D eigenvalue weighted by molar-refractivity contribution is -0.124. The lowest BCUT2D eigenvalue weighted by Crippen LogP contribution is -2.53. The number of carbonyl (C=O) groups excluding carboxylic acids is 1. The number of hydrogen-bond acceptors (Lipinski definition) is 3. The van der Waals surface area contributed by atoms with Crippen molar-refractivity contribution in [3.05, 3.63) is 0 Å². The second-order valence-electron chi connectivity index (χ2n) is 3.53. The second kappa shape index (κ2) is 9.60. The molecule has 0 aromatic carbocycles. The predicted molar refractivity (Wildman–Crippen MR) is 70.4 cm³/mol. The van der Waals surface area contributed by atoms with Crippen LogP contribution in [-0.2, 0) is 4.79 Å². The van der Waals surface area contributed by atoms with Gasteiger partial charge in [-0.15, -0.1) is 0 Å². The largest absolute Gasteiger partial charge is 0.342 e. The highest BCUT2D eigenvalue weighted by atomic mass is 16.2. The molecule has 0 spiro atoms. The molecule has 0 aromatic heterocycles. The number of amides is 1. The van der Waals surface area contributed by atoms with Gasteiger partial charge in [0.05, 0.1) is 6.67 Å². The first kappa shape index (κ1) is 17.8. The minimum absolute atomic E-state index is 0.124. The van der Waals surface area contributed by atoms with Crippen LogP contribution in [-0.4, -0.2) is 43.7 Å². The van der Waals surface area contributed by atoms with Gasteiger partial charge in [-0.25, -0.2) is 0 Å². The van der Waals surface area contributed by atoms with Crippen LogP contribution in [0, 0.1) is 0 Å². The van der Waals surface area contributed by atoms with Gasteiger partial charge in [0.2, 0.25) is 5.91 Å². The van der Waals surface area contributed by atoms with E-state index in [0.717, 1.165) is 13.0 Å². The third-order valence-electron chi connectivity index (χ3n) is 2.30. The van der Waals surface area contributed by atoms with Crippen LogP contribution in [0.25, 0.3) is 0 Å². The van der Waals surface area contributed by atoms with Gasteiger partial charge in [-0.3, -0.25) is 10.1 Å². The van der Waals surface area contributed by atoms with E-state index in [2.05, 4.69) is 10.6 Å². The number of nitrogens with zero attached hydrogens (tertiary/aromatic N) is 1. The second-order valence-corrected chi connectivity index (χ2v) is 3.53. The molecule has 0 bridgehead atoms. The Morgan fingerprint density at radius 1 is 1.25 bits per heavy atom. The van der Waals surface area contributed by atoms with Crippen molar-refractivity contribution in [2.24, 2.45) is 0 Å². The number of nitrogens with one attached hydrogen (secondary N) is 2.